The number of aliphatic hydroxyl groups is 1. The largest absolute Gasteiger partial charge is 0.389 e. The lowest BCUT2D eigenvalue weighted by Gasteiger charge is -2.19. The molecule has 0 amide bonds. The fraction of sp³-hybridized carbons (Fsp3) is 0.462. The average Bonchev–Trinajstić information content (AvgIpc) is 3.03. The summed E-state index contributed by atoms with van der Waals surface area (Å²) in [7, 11) is 3.55. The molecule has 0 saturated carbocycles. The van der Waals surface area contributed by atoms with Crippen LogP contribution >= 0.6 is 11.3 Å². The van der Waals surface area contributed by atoms with Gasteiger partial charge in [0.25, 0.3) is 0 Å². The predicted octanol–water partition coefficient (Wildman–Crippen LogP) is 1.17. The molecule has 2 unspecified atom stereocenters. The van der Waals surface area contributed by atoms with Crippen molar-refractivity contribution >= 4 is 11.3 Å². The number of nitrogens with zero attached hydrogens (tertiary/aromatic N) is 2. The summed E-state index contributed by atoms with van der Waals surface area (Å²) in [6.07, 6.45) is 3.18. The predicted molar refractivity (Wildman–Crippen MR) is 75.3 cm³/mol. The zero-order valence-corrected chi connectivity index (χ0v) is 11.9. The van der Waals surface area contributed by atoms with Crippen molar-refractivity contribution in [1.82, 2.24) is 14.9 Å². The Kier molecular flexibility index (Phi) is 5.09. The van der Waals surface area contributed by atoms with Crippen LogP contribution in [0.1, 0.15) is 16.7 Å². The van der Waals surface area contributed by atoms with Gasteiger partial charge < -0.3 is 19.7 Å². The number of nitrogens with one attached hydrogen (secondary N) is 1. The maximum atomic E-state index is 9.75. The molecule has 0 radical (unpaired) electrons. The standard InChI is InChI=1S/C13H19N3O2S/c1-16-6-5-14-13(16)12(11-4-3-7-19-11)15-8-10(17)9-18-2/h3-7,10,12,15,17H,8-9H2,1-2H3. The smallest absolute Gasteiger partial charge is 0.131 e. The molecule has 2 aromatic rings. The number of hydrogen-bond donors (Lipinski definition) is 2. The van der Waals surface area contributed by atoms with Crippen molar-refractivity contribution in [1.29, 1.82) is 0 Å². The first-order valence-electron chi connectivity index (χ1n) is 6.13. The third-order valence-electron chi connectivity index (χ3n) is 2.86. The summed E-state index contributed by atoms with van der Waals surface area (Å²) in [4.78, 5) is 5.57. The van der Waals surface area contributed by atoms with Gasteiger partial charge in [0, 0.05) is 38.0 Å². The van der Waals surface area contributed by atoms with Gasteiger partial charge in [-0.1, -0.05) is 6.07 Å². The zero-order chi connectivity index (χ0) is 13.7. The van der Waals surface area contributed by atoms with Crippen molar-refractivity contribution in [2.75, 3.05) is 20.3 Å². The Hall–Kier alpha value is -1.21. The van der Waals surface area contributed by atoms with E-state index in [9.17, 15) is 5.11 Å². The van der Waals surface area contributed by atoms with E-state index in [4.69, 9.17) is 4.74 Å². The normalized spacial score (nSPS) is 14.5. The minimum atomic E-state index is -0.521. The van der Waals surface area contributed by atoms with Gasteiger partial charge in [0.2, 0.25) is 0 Å². The van der Waals surface area contributed by atoms with E-state index in [1.165, 1.54) is 4.88 Å². The highest BCUT2D eigenvalue weighted by Gasteiger charge is 2.19. The van der Waals surface area contributed by atoms with Crippen LogP contribution in [0.25, 0.3) is 0 Å². The molecule has 5 nitrogen and oxygen atoms in total. The number of rotatable bonds is 7. The third kappa shape index (κ3) is 3.63. The Balaban J connectivity index is 2.10. The molecule has 0 aliphatic carbocycles. The van der Waals surface area contributed by atoms with Gasteiger partial charge in [-0.25, -0.2) is 4.98 Å². The molecule has 2 heterocycles. The topological polar surface area (TPSA) is 59.3 Å². The maximum absolute atomic E-state index is 9.75. The zero-order valence-electron chi connectivity index (χ0n) is 11.1. The molecule has 0 bridgehead atoms. The number of methoxy groups -OCH3 is 1. The van der Waals surface area contributed by atoms with Crippen LogP contribution in [0, 0.1) is 0 Å². The van der Waals surface area contributed by atoms with Crippen LogP contribution in [0.4, 0.5) is 0 Å². The maximum Gasteiger partial charge on any atom is 0.131 e. The number of imidazole rings is 1. The van der Waals surface area contributed by atoms with Crippen LogP contribution in [0.15, 0.2) is 29.9 Å². The van der Waals surface area contributed by atoms with E-state index < -0.39 is 6.10 Å². The van der Waals surface area contributed by atoms with Crippen LogP contribution < -0.4 is 5.32 Å². The highest BCUT2D eigenvalue weighted by molar-refractivity contribution is 7.10. The quantitative estimate of drug-likeness (QED) is 0.800. The molecule has 0 aliphatic heterocycles. The Labute approximate surface area is 116 Å². The molecular formula is C13H19N3O2S. The molecule has 19 heavy (non-hydrogen) atoms. The Bertz CT molecular complexity index is 484. The highest BCUT2D eigenvalue weighted by atomic mass is 32.1. The van der Waals surface area contributed by atoms with Gasteiger partial charge in [-0.3, -0.25) is 0 Å². The van der Waals surface area contributed by atoms with Gasteiger partial charge >= 0.3 is 0 Å². The molecule has 104 valence electrons. The van der Waals surface area contributed by atoms with Crippen LogP contribution in [0.2, 0.25) is 0 Å². The second kappa shape index (κ2) is 6.81. The van der Waals surface area contributed by atoms with Gasteiger partial charge in [-0.15, -0.1) is 11.3 Å². The van der Waals surface area contributed by atoms with Gasteiger partial charge in [0.15, 0.2) is 0 Å². The summed E-state index contributed by atoms with van der Waals surface area (Å²) in [6.45, 7) is 0.786. The minimum Gasteiger partial charge on any atom is -0.389 e. The molecule has 0 spiro atoms. The molecule has 0 fully saturated rings. The van der Waals surface area contributed by atoms with E-state index in [-0.39, 0.29) is 6.04 Å². The van der Waals surface area contributed by atoms with Crippen LogP contribution in [-0.2, 0) is 11.8 Å². The Morgan fingerprint density at radius 2 is 2.42 bits per heavy atom. The molecule has 2 N–H and O–H groups in total. The van der Waals surface area contributed by atoms with E-state index in [1.807, 2.05) is 29.3 Å². The van der Waals surface area contributed by atoms with Crippen molar-refractivity contribution in [2.24, 2.45) is 7.05 Å². The first-order valence-corrected chi connectivity index (χ1v) is 7.01. The van der Waals surface area contributed by atoms with Gasteiger partial charge in [-0.2, -0.15) is 0 Å². The second-order valence-electron chi connectivity index (χ2n) is 4.36. The van der Waals surface area contributed by atoms with Crippen molar-refractivity contribution in [3.8, 4) is 0 Å². The lowest BCUT2D eigenvalue weighted by molar-refractivity contribution is 0.0633. The van der Waals surface area contributed by atoms with Crippen molar-refractivity contribution < 1.29 is 9.84 Å². The van der Waals surface area contributed by atoms with Crippen molar-refractivity contribution in [3.05, 3.63) is 40.6 Å². The first-order chi connectivity index (χ1) is 9.22. The van der Waals surface area contributed by atoms with E-state index >= 15 is 0 Å². The molecule has 0 saturated heterocycles. The average molecular weight is 281 g/mol. The fourth-order valence-corrected chi connectivity index (χ4v) is 2.73. The third-order valence-corrected chi connectivity index (χ3v) is 3.80. The van der Waals surface area contributed by atoms with E-state index in [1.54, 1.807) is 24.6 Å². The molecule has 6 heteroatoms. The van der Waals surface area contributed by atoms with Gasteiger partial charge in [0.1, 0.15) is 11.9 Å². The first kappa shape index (κ1) is 14.2. The monoisotopic (exact) mass is 281 g/mol. The number of aliphatic hydroxyl groups excluding tert-OH is 1. The summed E-state index contributed by atoms with van der Waals surface area (Å²) >= 11 is 1.67. The summed E-state index contributed by atoms with van der Waals surface area (Å²) in [5, 5.41) is 15.1. The van der Waals surface area contributed by atoms with E-state index in [2.05, 4.69) is 16.4 Å². The number of hydrogen-bond acceptors (Lipinski definition) is 5. The second-order valence-corrected chi connectivity index (χ2v) is 5.34. The van der Waals surface area contributed by atoms with Crippen LogP contribution in [0.5, 0.6) is 0 Å². The number of ether oxygens (including phenoxy) is 1. The molecule has 2 atom stereocenters. The van der Waals surface area contributed by atoms with Gasteiger partial charge in [-0.05, 0) is 11.4 Å². The van der Waals surface area contributed by atoms with E-state index in [0.717, 1.165) is 5.82 Å². The van der Waals surface area contributed by atoms with E-state index in [0.29, 0.717) is 13.2 Å². The number of aromatic nitrogens is 2. The minimum absolute atomic E-state index is 0.00786. The molecule has 0 aromatic carbocycles. The van der Waals surface area contributed by atoms with Crippen molar-refractivity contribution in [3.63, 3.8) is 0 Å². The van der Waals surface area contributed by atoms with Gasteiger partial charge in [0.05, 0.1) is 12.7 Å². The lowest BCUT2D eigenvalue weighted by Crippen LogP contribution is -2.34. The highest BCUT2D eigenvalue weighted by Crippen LogP contribution is 2.24. The number of thiophene rings is 1. The molecule has 2 aromatic heterocycles. The van der Waals surface area contributed by atoms with Crippen LogP contribution in [0.3, 0.4) is 0 Å². The van der Waals surface area contributed by atoms with Crippen molar-refractivity contribution in [2.45, 2.75) is 12.1 Å². The Morgan fingerprint density at radius 1 is 1.58 bits per heavy atom. The fourth-order valence-electron chi connectivity index (χ4n) is 1.94. The molecule has 0 aliphatic rings. The number of aryl methyl sites for hydroxylation is 1. The lowest BCUT2D eigenvalue weighted by atomic mass is 10.2. The summed E-state index contributed by atoms with van der Waals surface area (Å²) in [5.41, 5.74) is 0. The SMILES string of the molecule is COCC(O)CNC(c1cccs1)c1nccn1C. The Morgan fingerprint density at radius 3 is 3.00 bits per heavy atom. The summed E-state index contributed by atoms with van der Waals surface area (Å²) in [6, 6.07) is 4.08. The molecular weight excluding hydrogens is 262 g/mol. The summed E-state index contributed by atoms with van der Waals surface area (Å²) in [5.74, 6) is 0.937. The molecule has 2 rings (SSSR count). The summed E-state index contributed by atoms with van der Waals surface area (Å²) < 4.78 is 6.92. The van der Waals surface area contributed by atoms with Crippen LogP contribution in [-0.4, -0.2) is 41.0 Å².